The maximum atomic E-state index is 13.3. The molecule has 0 spiro atoms. The number of hydrogen-bond acceptors (Lipinski definition) is 6. The van der Waals surface area contributed by atoms with Gasteiger partial charge in [0.25, 0.3) is 0 Å². The molecular formula is C17H19F3N4O3S. The summed E-state index contributed by atoms with van der Waals surface area (Å²) in [5.41, 5.74) is -1.27. The monoisotopic (exact) mass is 416 g/mol. The predicted octanol–water partition coefficient (Wildman–Crippen LogP) is 2.33. The summed E-state index contributed by atoms with van der Waals surface area (Å²) in [5.74, 6) is -0.643. The van der Waals surface area contributed by atoms with Gasteiger partial charge in [-0.1, -0.05) is 11.3 Å². The zero-order valence-corrected chi connectivity index (χ0v) is 16.7. The SMILES string of the molecule is Cc1c(C(=O)C(=CN(C)C)c2cnnn2C)ccc(C(F)(F)F)c1S(C)(=O)=O. The number of benzene rings is 1. The number of carbonyl (C=O) groups excluding carboxylic acids is 1. The highest BCUT2D eigenvalue weighted by Gasteiger charge is 2.38. The van der Waals surface area contributed by atoms with E-state index in [0.29, 0.717) is 18.0 Å². The quantitative estimate of drug-likeness (QED) is 0.549. The fourth-order valence-electron chi connectivity index (χ4n) is 2.82. The average molecular weight is 416 g/mol. The Balaban J connectivity index is 2.77. The van der Waals surface area contributed by atoms with Gasteiger partial charge in [0.2, 0.25) is 0 Å². The first-order valence-corrected chi connectivity index (χ1v) is 9.83. The van der Waals surface area contributed by atoms with Crippen molar-refractivity contribution >= 4 is 21.2 Å². The van der Waals surface area contributed by atoms with Crippen LogP contribution in [-0.4, -0.2) is 54.4 Å². The summed E-state index contributed by atoms with van der Waals surface area (Å²) in [7, 11) is 0.641. The van der Waals surface area contributed by atoms with Gasteiger partial charge in [-0.3, -0.25) is 4.79 Å². The van der Waals surface area contributed by atoms with Gasteiger partial charge in [0, 0.05) is 39.2 Å². The summed E-state index contributed by atoms with van der Waals surface area (Å²) >= 11 is 0. The number of Topliss-reactive ketones (excluding diaryl/α,β-unsaturated/α-hetero) is 1. The lowest BCUT2D eigenvalue weighted by atomic mass is 9.95. The fraction of sp³-hybridized carbons (Fsp3) is 0.353. The van der Waals surface area contributed by atoms with Crippen molar-refractivity contribution in [3.05, 3.63) is 46.9 Å². The van der Waals surface area contributed by atoms with Crippen molar-refractivity contribution in [1.82, 2.24) is 19.9 Å². The van der Waals surface area contributed by atoms with E-state index in [-0.39, 0.29) is 16.7 Å². The lowest BCUT2D eigenvalue weighted by Gasteiger charge is -2.18. The average Bonchev–Trinajstić information content (AvgIpc) is 2.95. The predicted molar refractivity (Wildman–Crippen MR) is 96.3 cm³/mol. The first kappa shape index (κ1) is 21.6. The number of alkyl halides is 3. The number of sulfone groups is 1. The van der Waals surface area contributed by atoms with Gasteiger partial charge < -0.3 is 4.90 Å². The van der Waals surface area contributed by atoms with Gasteiger partial charge in [-0.15, -0.1) is 5.10 Å². The molecule has 0 saturated carbocycles. The molecule has 0 saturated heterocycles. The minimum atomic E-state index is -4.88. The van der Waals surface area contributed by atoms with E-state index in [2.05, 4.69) is 10.3 Å². The van der Waals surface area contributed by atoms with Crippen molar-refractivity contribution < 1.29 is 26.4 Å². The van der Waals surface area contributed by atoms with E-state index in [0.717, 1.165) is 6.07 Å². The van der Waals surface area contributed by atoms with E-state index >= 15 is 0 Å². The zero-order chi connectivity index (χ0) is 21.4. The molecule has 152 valence electrons. The standard InChI is InChI=1S/C17H19F3N4O3S/c1-10-11(6-7-13(17(18,19)20)16(10)28(5,26)27)15(25)12(9-23(2)3)14-8-21-22-24(14)4/h6-9H,1-5H3. The van der Waals surface area contributed by atoms with E-state index in [9.17, 15) is 26.4 Å². The topological polar surface area (TPSA) is 85.2 Å². The molecule has 28 heavy (non-hydrogen) atoms. The molecule has 2 aromatic rings. The van der Waals surface area contributed by atoms with Crippen molar-refractivity contribution in [1.29, 1.82) is 0 Å². The zero-order valence-electron chi connectivity index (χ0n) is 15.9. The van der Waals surface area contributed by atoms with E-state index in [1.807, 2.05) is 0 Å². The van der Waals surface area contributed by atoms with Gasteiger partial charge in [-0.05, 0) is 18.6 Å². The molecule has 0 N–H and O–H groups in total. The molecule has 0 unspecified atom stereocenters. The number of ketones is 1. The summed E-state index contributed by atoms with van der Waals surface area (Å²) in [5, 5.41) is 7.47. The molecule has 2 rings (SSSR count). The molecule has 0 aliphatic carbocycles. The van der Waals surface area contributed by atoms with E-state index in [4.69, 9.17) is 0 Å². The highest BCUT2D eigenvalue weighted by Crippen LogP contribution is 2.37. The van der Waals surface area contributed by atoms with Crippen LogP contribution in [0.4, 0.5) is 13.2 Å². The number of rotatable bonds is 5. The molecule has 0 amide bonds. The Morgan fingerprint density at radius 2 is 1.86 bits per heavy atom. The van der Waals surface area contributed by atoms with Gasteiger partial charge in [-0.2, -0.15) is 13.2 Å². The Morgan fingerprint density at radius 3 is 2.29 bits per heavy atom. The lowest BCUT2D eigenvalue weighted by Crippen LogP contribution is -2.18. The minimum Gasteiger partial charge on any atom is -0.383 e. The summed E-state index contributed by atoms with van der Waals surface area (Å²) in [6.45, 7) is 1.19. The maximum Gasteiger partial charge on any atom is 0.417 e. The van der Waals surface area contributed by atoms with Crippen LogP contribution in [-0.2, 0) is 23.1 Å². The normalized spacial score (nSPS) is 12.9. The number of aromatic nitrogens is 3. The van der Waals surface area contributed by atoms with E-state index < -0.39 is 32.3 Å². The molecule has 0 radical (unpaired) electrons. The van der Waals surface area contributed by atoms with Gasteiger partial charge in [0.05, 0.1) is 27.9 Å². The van der Waals surface area contributed by atoms with Crippen molar-refractivity contribution in [2.75, 3.05) is 20.4 Å². The third kappa shape index (κ3) is 4.24. The van der Waals surface area contributed by atoms with Crippen LogP contribution >= 0.6 is 0 Å². The van der Waals surface area contributed by atoms with Crippen molar-refractivity contribution in [3.63, 3.8) is 0 Å². The largest absolute Gasteiger partial charge is 0.417 e. The van der Waals surface area contributed by atoms with Crippen LogP contribution in [0, 0.1) is 6.92 Å². The first-order chi connectivity index (χ1) is 12.7. The molecular weight excluding hydrogens is 397 g/mol. The van der Waals surface area contributed by atoms with Gasteiger partial charge in [0.1, 0.15) is 0 Å². The van der Waals surface area contributed by atoms with E-state index in [1.54, 1.807) is 26.0 Å². The van der Waals surface area contributed by atoms with Crippen LogP contribution in [0.5, 0.6) is 0 Å². The summed E-state index contributed by atoms with van der Waals surface area (Å²) < 4.78 is 65.4. The molecule has 0 bridgehead atoms. The maximum absolute atomic E-state index is 13.3. The Morgan fingerprint density at radius 1 is 1.25 bits per heavy atom. The summed E-state index contributed by atoms with van der Waals surface area (Å²) in [6.07, 6.45) is -1.39. The van der Waals surface area contributed by atoms with Crippen LogP contribution in [0.15, 0.2) is 29.4 Å². The molecule has 1 aromatic heterocycles. The molecule has 11 heteroatoms. The molecule has 1 heterocycles. The van der Waals surface area contributed by atoms with Gasteiger partial charge in [0.15, 0.2) is 15.6 Å². The van der Waals surface area contributed by atoms with Crippen LogP contribution in [0.1, 0.15) is 27.2 Å². The molecule has 0 fully saturated rings. The van der Waals surface area contributed by atoms with Crippen LogP contribution < -0.4 is 0 Å². The second-order valence-electron chi connectivity index (χ2n) is 6.46. The van der Waals surface area contributed by atoms with Crippen LogP contribution in [0.3, 0.4) is 0 Å². The Bertz CT molecular complexity index is 1050. The highest BCUT2D eigenvalue weighted by atomic mass is 32.2. The number of carbonyl (C=O) groups is 1. The van der Waals surface area contributed by atoms with Crippen molar-refractivity contribution in [3.8, 4) is 0 Å². The van der Waals surface area contributed by atoms with Gasteiger partial charge in [-0.25, -0.2) is 13.1 Å². The highest BCUT2D eigenvalue weighted by molar-refractivity contribution is 7.90. The third-order valence-electron chi connectivity index (χ3n) is 3.95. The fourth-order valence-corrected chi connectivity index (χ4v) is 4.07. The smallest absolute Gasteiger partial charge is 0.383 e. The summed E-state index contributed by atoms with van der Waals surface area (Å²) in [6, 6.07) is 1.61. The summed E-state index contributed by atoms with van der Waals surface area (Å²) in [4.78, 5) is 13.8. The van der Waals surface area contributed by atoms with Crippen molar-refractivity contribution in [2.24, 2.45) is 7.05 Å². The van der Waals surface area contributed by atoms with Gasteiger partial charge >= 0.3 is 6.18 Å². The Labute approximate surface area is 160 Å². The molecule has 7 nitrogen and oxygen atoms in total. The molecule has 1 aromatic carbocycles. The second-order valence-corrected chi connectivity index (χ2v) is 8.42. The van der Waals surface area contributed by atoms with Crippen molar-refractivity contribution in [2.45, 2.75) is 18.0 Å². The minimum absolute atomic E-state index is 0.111. The molecule has 0 aliphatic rings. The second kappa shape index (κ2) is 7.38. The number of hydrogen-bond donors (Lipinski definition) is 0. The van der Waals surface area contributed by atoms with Crippen LogP contribution in [0.25, 0.3) is 5.57 Å². The molecule has 0 aliphatic heterocycles. The lowest BCUT2D eigenvalue weighted by molar-refractivity contribution is -0.139. The number of aryl methyl sites for hydroxylation is 1. The van der Waals surface area contributed by atoms with E-state index in [1.165, 1.54) is 24.0 Å². The number of halogens is 3. The number of nitrogens with zero attached hydrogens (tertiary/aromatic N) is 4. The molecule has 0 atom stereocenters. The Kier molecular flexibility index (Phi) is 5.69. The first-order valence-electron chi connectivity index (χ1n) is 7.94. The Hall–Kier alpha value is -2.69. The number of allylic oxidation sites excluding steroid dienone is 1. The third-order valence-corrected chi connectivity index (χ3v) is 5.22. The van der Waals surface area contributed by atoms with Crippen LogP contribution in [0.2, 0.25) is 0 Å².